The van der Waals surface area contributed by atoms with Crippen molar-refractivity contribution in [2.24, 2.45) is 0 Å². The number of unbranched alkanes of at least 4 members (excludes halogenated alkanes) is 1. The van der Waals surface area contributed by atoms with Gasteiger partial charge >= 0.3 is 5.97 Å². The summed E-state index contributed by atoms with van der Waals surface area (Å²) >= 11 is 0. The maximum absolute atomic E-state index is 11.3. The summed E-state index contributed by atoms with van der Waals surface area (Å²) < 4.78 is 0. The molecule has 1 rings (SSSR count). The van der Waals surface area contributed by atoms with E-state index in [1.807, 2.05) is 32.1 Å². The summed E-state index contributed by atoms with van der Waals surface area (Å²) in [5.74, 6) is -0.798. The number of nitrogens with zero attached hydrogens (tertiary/aromatic N) is 1. The fourth-order valence-electron chi connectivity index (χ4n) is 1.59. The van der Waals surface area contributed by atoms with Crippen molar-refractivity contribution in [2.45, 2.75) is 33.1 Å². The number of carbonyl (C=O) groups excluding carboxylic acids is 1. The number of hydrogen-bond acceptors (Lipinski definition) is 2. The standard InChI is InChI=1S/C15H19NO3.C2H6/c1-16(2)14(17)10-5-3-4-7-12-8-6-9-13(11-12)15(18)19;1-2/h4,6-9,11H,3,5,10H2,1-2H3,(H,18,19);1-2H3/b7-4-;. The maximum Gasteiger partial charge on any atom is 0.335 e. The lowest BCUT2D eigenvalue weighted by atomic mass is 10.1. The van der Waals surface area contributed by atoms with Crippen LogP contribution in [-0.2, 0) is 4.79 Å². The summed E-state index contributed by atoms with van der Waals surface area (Å²) in [6, 6.07) is 6.77. The molecule has 1 aromatic carbocycles. The van der Waals surface area contributed by atoms with Crippen molar-refractivity contribution in [3.8, 4) is 0 Å². The number of carboxylic acids is 1. The Balaban J connectivity index is 0.00000191. The Kier molecular flexibility index (Phi) is 9.59. The third kappa shape index (κ3) is 7.92. The zero-order chi connectivity index (χ0) is 16.3. The van der Waals surface area contributed by atoms with Crippen LogP contribution in [0.15, 0.2) is 30.3 Å². The third-order valence-corrected chi connectivity index (χ3v) is 2.70. The fraction of sp³-hybridized carbons (Fsp3) is 0.412. The molecule has 0 saturated carbocycles. The second-order valence-corrected chi connectivity index (χ2v) is 4.51. The van der Waals surface area contributed by atoms with E-state index in [4.69, 9.17) is 5.11 Å². The molecule has 0 radical (unpaired) electrons. The molecule has 0 bridgehead atoms. The number of carboxylic acid groups (broad SMARTS) is 1. The number of carbonyl (C=O) groups is 2. The van der Waals surface area contributed by atoms with Gasteiger partial charge in [-0.25, -0.2) is 4.79 Å². The van der Waals surface area contributed by atoms with Crippen LogP contribution in [0.25, 0.3) is 6.08 Å². The molecule has 1 aromatic rings. The Hall–Kier alpha value is -2.10. The van der Waals surface area contributed by atoms with Crippen molar-refractivity contribution in [3.63, 3.8) is 0 Å². The molecule has 0 spiro atoms. The Labute approximate surface area is 127 Å². The van der Waals surface area contributed by atoms with Crippen molar-refractivity contribution in [3.05, 3.63) is 41.5 Å². The van der Waals surface area contributed by atoms with Crippen LogP contribution in [0, 0.1) is 0 Å². The summed E-state index contributed by atoms with van der Waals surface area (Å²) in [6.45, 7) is 4.00. The summed E-state index contributed by atoms with van der Waals surface area (Å²) in [5, 5.41) is 8.87. The van der Waals surface area contributed by atoms with Crippen LogP contribution in [0.4, 0.5) is 0 Å². The first kappa shape index (κ1) is 18.9. The van der Waals surface area contributed by atoms with E-state index in [2.05, 4.69) is 0 Å². The van der Waals surface area contributed by atoms with Gasteiger partial charge in [0.1, 0.15) is 0 Å². The van der Waals surface area contributed by atoms with Crippen LogP contribution in [0.2, 0.25) is 0 Å². The first-order chi connectivity index (χ1) is 10.0. The summed E-state index contributed by atoms with van der Waals surface area (Å²) in [6.07, 6.45) is 5.98. The Morgan fingerprint density at radius 1 is 1.24 bits per heavy atom. The van der Waals surface area contributed by atoms with E-state index in [0.717, 1.165) is 18.4 Å². The van der Waals surface area contributed by atoms with Crippen molar-refractivity contribution >= 4 is 18.0 Å². The summed E-state index contributed by atoms with van der Waals surface area (Å²) in [4.78, 5) is 23.7. The molecule has 1 N–H and O–H groups in total. The number of benzene rings is 1. The normalized spacial score (nSPS) is 9.90. The van der Waals surface area contributed by atoms with Crippen LogP contribution < -0.4 is 0 Å². The minimum atomic E-state index is -0.924. The molecule has 0 unspecified atom stereocenters. The van der Waals surface area contributed by atoms with Crippen molar-refractivity contribution in [1.29, 1.82) is 0 Å². The SMILES string of the molecule is CC.CN(C)C(=O)CCC/C=C\c1cccc(C(=O)O)c1. The molecule has 0 heterocycles. The van der Waals surface area contributed by atoms with E-state index in [0.29, 0.717) is 6.42 Å². The van der Waals surface area contributed by atoms with E-state index < -0.39 is 5.97 Å². The van der Waals surface area contributed by atoms with E-state index in [1.54, 1.807) is 37.2 Å². The van der Waals surface area contributed by atoms with Crippen molar-refractivity contribution in [1.82, 2.24) is 4.90 Å². The molecule has 0 aromatic heterocycles. The quantitative estimate of drug-likeness (QED) is 0.813. The zero-order valence-electron chi connectivity index (χ0n) is 13.3. The van der Waals surface area contributed by atoms with E-state index in [9.17, 15) is 9.59 Å². The highest BCUT2D eigenvalue weighted by molar-refractivity contribution is 5.88. The highest BCUT2D eigenvalue weighted by atomic mass is 16.4. The first-order valence-corrected chi connectivity index (χ1v) is 7.21. The lowest BCUT2D eigenvalue weighted by Crippen LogP contribution is -2.20. The second-order valence-electron chi connectivity index (χ2n) is 4.51. The van der Waals surface area contributed by atoms with Gasteiger partial charge in [0.2, 0.25) is 5.91 Å². The Bertz CT molecular complexity index is 479. The van der Waals surface area contributed by atoms with Gasteiger partial charge in [-0.1, -0.05) is 38.1 Å². The minimum Gasteiger partial charge on any atom is -0.478 e. The van der Waals surface area contributed by atoms with Crippen LogP contribution in [0.3, 0.4) is 0 Å². The predicted octanol–water partition coefficient (Wildman–Crippen LogP) is 3.68. The van der Waals surface area contributed by atoms with Crippen LogP contribution >= 0.6 is 0 Å². The maximum atomic E-state index is 11.3. The van der Waals surface area contributed by atoms with Gasteiger partial charge in [-0.05, 0) is 30.5 Å². The molecule has 0 atom stereocenters. The first-order valence-electron chi connectivity index (χ1n) is 7.21. The molecule has 4 nitrogen and oxygen atoms in total. The van der Waals surface area contributed by atoms with Gasteiger partial charge in [0.15, 0.2) is 0 Å². The number of rotatable bonds is 6. The molecule has 21 heavy (non-hydrogen) atoms. The van der Waals surface area contributed by atoms with Gasteiger partial charge in [-0.15, -0.1) is 0 Å². The monoisotopic (exact) mass is 291 g/mol. The van der Waals surface area contributed by atoms with E-state index in [-0.39, 0.29) is 11.5 Å². The van der Waals surface area contributed by atoms with Gasteiger partial charge in [0.05, 0.1) is 5.56 Å². The highest BCUT2D eigenvalue weighted by Gasteiger charge is 2.02. The molecule has 0 saturated heterocycles. The van der Waals surface area contributed by atoms with Gasteiger partial charge < -0.3 is 10.0 Å². The number of amides is 1. The topological polar surface area (TPSA) is 57.6 Å². The van der Waals surface area contributed by atoms with E-state index in [1.165, 1.54) is 0 Å². The second kappa shape index (κ2) is 10.7. The summed E-state index contributed by atoms with van der Waals surface area (Å²) in [5.41, 5.74) is 1.14. The number of hydrogen-bond donors (Lipinski definition) is 1. The van der Waals surface area contributed by atoms with Crippen molar-refractivity contribution < 1.29 is 14.7 Å². The van der Waals surface area contributed by atoms with Crippen LogP contribution in [0.1, 0.15) is 49.0 Å². The molecular formula is C17H25NO3. The van der Waals surface area contributed by atoms with E-state index >= 15 is 0 Å². The fourth-order valence-corrected chi connectivity index (χ4v) is 1.59. The Morgan fingerprint density at radius 2 is 1.90 bits per heavy atom. The van der Waals surface area contributed by atoms with Crippen molar-refractivity contribution in [2.75, 3.05) is 14.1 Å². The smallest absolute Gasteiger partial charge is 0.335 e. The summed E-state index contributed by atoms with van der Waals surface area (Å²) in [7, 11) is 3.49. The van der Waals surface area contributed by atoms with Gasteiger partial charge in [-0.3, -0.25) is 4.79 Å². The minimum absolute atomic E-state index is 0.126. The molecular weight excluding hydrogens is 266 g/mol. The highest BCUT2D eigenvalue weighted by Crippen LogP contribution is 2.08. The number of aromatic carboxylic acids is 1. The predicted molar refractivity (Wildman–Crippen MR) is 86.3 cm³/mol. The third-order valence-electron chi connectivity index (χ3n) is 2.70. The average molecular weight is 291 g/mol. The molecule has 4 heteroatoms. The molecule has 0 fully saturated rings. The van der Waals surface area contributed by atoms with Gasteiger partial charge in [0, 0.05) is 20.5 Å². The zero-order valence-corrected chi connectivity index (χ0v) is 13.3. The molecule has 1 amide bonds. The molecule has 0 aliphatic heterocycles. The molecule has 0 aliphatic carbocycles. The largest absolute Gasteiger partial charge is 0.478 e. The van der Waals surface area contributed by atoms with Gasteiger partial charge in [0.25, 0.3) is 0 Å². The Morgan fingerprint density at radius 3 is 2.48 bits per heavy atom. The van der Waals surface area contributed by atoms with Gasteiger partial charge in [-0.2, -0.15) is 0 Å². The number of allylic oxidation sites excluding steroid dienone is 1. The van der Waals surface area contributed by atoms with Crippen LogP contribution in [0.5, 0.6) is 0 Å². The lowest BCUT2D eigenvalue weighted by molar-refractivity contribution is -0.128. The average Bonchev–Trinajstić information content (AvgIpc) is 2.49. The molecule has 116 valence electrons. The lowest BCUT2D eigenvalue weighted by Gasteiger charge is -2.08. The molecule has 0 aliphatic rings. The van der Waals surface area contributed by atoms with Crippen LogP contribution in [-0.4, -0.2) is 36.0 Å².